The molecule has 0 spiro atoms. The lowest BCUT2D eigenvalue weighted by atomic mass is 10.1. The molecule has 30 heavy (non-hydrogen) atoms. The van der Waals surface area contributed by atoms with Crippen molar-refractivity contribution in [3.63, 3.8) is 0 Å². The number of rotatable bonds is 10. The average Bonchev–Trinajstić information content (AvgIpc) is 2.79. The molecule has 152 valence electrons. The molecular formula is C27H25FO2. The third-order valence-corrected chi connectivity index (χ3v) is 4.78. The SMILES string of the molecule is C=Cc1ccc(CCCCOc2ccc(/C=C/C(=O)c3ccc(F)cc3)cc2)cc1. The van der Waals surface area contributed by atoms with Gasteiger partial charge in [-0.15, -0.1) is 0 Å². The maximum Gasteiger partial charge on any atom is 0.185 e. The highest BCUT2D eigenvalue weighted by Crippen LogP contribution is 2.15. The predicted molar refractivity (Wildman–Crippen MR) is 121 cm³/mol. The smallest absolute Gasteiger partial charge is 0.185 e. The molecule has 0 saturated heterocycles. The van der Waals surface area contributed by atoms with Crippen LogP contribution in [0.3, 0.4) is 0 Å². The van der Waals surface area contributed by atoms with Crippen molar-refractivity contribution in [2.75, 3.05) is 6.61 Å². The molecular weight excluding hydrogens is 375 g/mol. The van der Waals surface area contributed by atoms with Crippen LogP contribution in [0.2, 0.25) is 0 Å². The van der Waals surface area contributed by atoms with E-state index in [2.05, 4.69) is 30.8 Å². The molecule has 2 nitrogen and oxygen atoms in total. The van der Waals surface area contributed by atoms with Crippen LogP contribution in [0.5, 0.6) is 5.75 Å². The highest BCUT2D eigenvalue weighted by atomic mass is 19.1. The van der Waals surface area contributed by atoms with Crippen LogP contribution >= 0.6 is 0 Å². The van der Waals surface area contributed by atoms with Crippen molar-refractivity contribution in [2.45, 2.75) is 19.3 Å². The lowest BCUT2D eigenvalue weighted by Gasteiger charge is -2.07. The lowest BCUT2D eigenvalue weighted by molar-refractivity contribution is 0.104. The Labute approximate surface area is 177 Å². The van der Waals surface area contributed by atoms with Gasteiger partial charge in [0.1, 0.15) is 11.6 Å². The Morgan fingerprint density at radius 1 is 0.867 bits per heavy atom. The molecule has 0 radical (unpaired) electrons. The third-order valence-electron chi connectivity index (χ3n) is 4.78. The molecule has 3 rings (SSSR count). The van der Waals surface area contributed by atoms with Gasteiger partial charge in [0.05, 0.1) is 6.61 Å². The number of ketones is 1. The van der Waals surface area contributed by atoms with Crippen LogP contribution in [0.1, 0.15) is 39.9 Å². The fourth-order valence-corrected chi connectivity index (χ4v) is 3.00. The van der Waals surface area contributed by atoms with Crippen molar-refractivity contribution >= 4 is 17.9 Å². The molecule has 0 N–H and O–H groups in total. The number of ether oxygens (including phenoxy) is 1. The van der Waals surface area contributed by atoms with E-state index < -0.39 is 0 Å². The largest absolute Gasteiger partial charge is 0.494 e. The summed E-state index contributed by atoms with van der Waals surface area (Å²) in [6, 6.07) is 21.6. The van der Waals surface area contributed by atoms with Crippen LogP contribution in [0.15, 0.2) is 85.5 Å². The number of halogens is 1. The van der Waals surface area contributed by atoms with E-state index >= 15 is 0 Å². The van der Waals surface area contributed by atoms with Crippen molar-refractivity contribution in [2.24, 2.45) is 0 Å². The summed E-state index contributed by atoms with van der Waals surface area (Å²) in [5, 5.41) is 0. The maximum absolute atomic E-state index is 12.9. The second-order valence-electron chi connectivity index (χ2n) is 7.02. The summed E-state index contributed by atoms with van der Waals surface area (Å²) in [7, 11) is 0. The number of allylic oxidation sites excluding steroid dienone is 1. The van der Waals surface area contributed by atoms with Crippen LogP contribution < -0.4 is 4.74 Å². The fourth-order valence-electron chi connectivity index (χ4n) is 3.00. The van der Waals surface area contributed by atoms with Gasteiger partial charge in [-0.25, -0.2) is 4.39 Å². The molecule has 0 saturated carbocycles. The molecule has 3 aromatic rings. The summed E-state index contributed by atoms with van der Waals surface area (Å²) in [6.07, 6.45) is 8.17. The summed E-state index contributed by atoms with van der Waals surface area (Å²) in [5.41, 5.74) is 3.83. The molecule has 0 aliphatic heterocycles. The summed E-state index contributed by atoms with van der Waals surface area (Å²) in [4.78, 5) is 12.1. The molecule has 3 aromatic carbocycles. The Morgan fingerprint density at radius 2 is 1.53 bits per heavy atom. The van der Waals surface area contributed by atoms with Crippen LogP contribution in [-0.4, -0.2) is 12.4 Å². The summed E-state index contributed by atoms with van der Waals surface area (Å²) in [6.45, 7) is 4.44. The Balaban J connectivity index is 1.40. The molecule has 0 amide bonds. The van der Waals surface area contributed by atoms with Crippen LogP contribution in [-0.2, 0) is 6.42 Å². The monoisotopic (exact) mass is 400 g/mol. The Bertz CT molecular complexity index is 985. The molecule has 0 unspecified atom stereocenters. The first-order valence-electron chi connectivity index (χ1n) is 10.1. The number of hydrogen-bond acceptors (Lipinski definition) is 2. The van der Waals surface area contributed by atoms with Crippen molar-refractivity contribution in [3.8, 4) is 5.75 Å². The zero-order valence-corrected chi connectivity index (χ0v) is 16.9. The minimum atomic E-state index is -0.353. The van der Waals surface area contributed by atoms with Gasteiger partial charge in [-0.2, -0.15) is 0 Å². The average molecular weight is 400 g/mol. The lowest BCUT2D eigenvalue weighted by Crippen LogP contribution is -1.98. The van der Waals surface area contributed by atoms with Gasteiger partial charge in [-0.05, 0) is 78.4 Å². The van der Waals surface area contributed by atoms with Gasteiger partial charge in [0.15, 0.2) is 5.78 Å². The van der Waals surface area contributed by atoms with E-state index in [9.17, 15) is 9.18 Å². The first-order chi connectivity index (χ1) is 14.6. The Morgan fingerprint density at radius 3 is 2.20 bits per heavy atom. The number of hydrogen-bond donors (Lipinski definition) is 0. The number of aryl methyl sites for hydroxylation is 1. The number of carbonyl (C=O) groups excluding carboxylic acids is 1. The van der Waals surface area contributed by atoms with Gasteiger partial charge >= 0.3 is 0 Å². The fraction of sp³-hybridized carbons (Fsp3) is 0.148. The van der Waals surface area contributed by atoms with E-state index in [0.29, 0.717) is 12.2 Å². The minimum absolute atomic E-state index is 0.158. The maximum atomic E-state index is 12.9. The highest BCUT2D eigenvalue weighted by molar-refractivity contribution is 6.06. The molecule has 0 heterocycles. The van der Waals surface area contributed by atoms with Crippen molar-refractivity contribution in [1.29, 1.82) is 0 Å². The molecule has 0 fully saturated rings. The van der Waals surface area contributed by atoms with Crippen molar-refractivity contribution < 1.29 is 13.9 Å². The highest BCUT2D eigenvalue weighted by Gasteiger charge is 2.02. The predicted octanol–water partition coefficient (Wildman–Crippen LogP) is 6.77. The number of benzene rings is 3. The molecule has 3 heteroatoms. The zero-order chi connectivity index (χ0) is 21.2. The van der Waals surface area contributed by atoms with Crippen LogP contribution in [0.4, 0.5) is 4.39 Å². The topological polar surface area (TPSA) is 26.3 Å². The molecule has 0 aliphatic rings. The van der Waals surface area contributed by atoms with E-state index in [1.165, 1.54) is 35.9 Å². The van der Waals surface area contributed by atoms with Gasteiger partial charge in [-0.1, -0.05) is 55.1 Å². The van der Waals surface area contributed by atoms with Crippen LogP contribution in [0, 0.1) is 5.82 Å². The van der Waals surface area contributed by atoms with Gasteiger partial charge < -0.3 is 4.74 Å². The van der Waals surface area contributed by atoms with E-state index in [0.717, 1.165) is 36.1 Å². The van der Waals surface area contributed by atoms with Gasteiger partial charge in [-0.3, -0.25) is 4.79 Å². The molecule has 0 atom stereocenters. The third kappa shape index (κ3) is 6.56. The molecule has 0 aliphatic carbocycles. The minimum Gasteiger partial charge on any atom is -0.494 e. The quantitative estimate of drug-likeness (QED) is 0.213. The van der Waals surface area contributed by atoms with Gasteiger partial charge in [0, 0.05) is 5.56 Å². The molecule has 0 bridgehead atoms. The normalized spacial score (nSPS) is 10.8. The van der Waals surface area contributed by atoms with Crippen LogP contribution in [0.25, 0.3) is 12.2 Å². The Hall–Kier alpha value is -3.46. The summed E-state index contributed by atoms with van der Waals surface area (Å²) < 4.78 is 18.7. The standard InChI is InChI=1S/C27H25FO2/c1-2-21-6-8-22(9-7-21)5-3-4-20-30-26-17-10-23(11-18-26)12-19-27(29)24-13-15-25(28)16-14-24/h2,6-19H,1,3-5,20H2/b19-12+. The van der Waals surface area contributed by atoms with Gasteiger partial charge in [0.2, 0.25) is 0 Å². The van der Waals surface area contributed by atoms with E-state index in [1.807, 2.05) is 30.3 Å². The number of unbranched alkanes of at least 4 members (excludes halogenated alkanes) is 1. The van der Waals surface area contributed by atoms with E-state index in [1.54, 1.807) is 6.08 Å². The first kappa shape index (κ1) is 21.3. The second kappa shape index (κ2) is 10.9. The van der Waals surface area contributed by atoms with E-state index in [-0.39, 0.29) is 11.6 Å². The number of carbonyl (C=O) groups is 1. The first-order valence-corrected chi connectivity index (χ1v) is 10.1. The Kier molecular flexibility index (Phi) is 7.73. The van der Waals surface area contributed by atoms with Gasteiger partial charge in [0.25, 0.3) is 0 Å². The molecule has 0 aromatic heterocycles. The summed E-state index contributed by atoms with van der Waals surface area (Å²) >= 11 is 0. The summed E-state index contributed by atoms with van der Waals surface area (Å²) in [5.74, 6) is 0.301. The zero-order valence-electron chi connectivity index (χ0n) is 16.9. The van der Waals surface area contributed by atoms with Crippen molar-refractivity contribution in [1.82, 2.24) is 0 Å². The van der Waals surface area contributed by atoms with E-state index in [4.69, 9.17) is 4.74 Å². The second-order valence-corrected chi connectivity index (χ2v) is 7.02. The van der Waals surface area contributed by atoms with Crippen molar-refractivity contribution in [3.05, 3.63) is 114 Å².